The quantitative estimate of drug-likeness (QED) is 0.596. The van der Waals surface area contributed by atoms with Crippen LogP contribution in [0.25, 0.3) is 0 Å². The number of amides is 2. The van der Waals surface area contributed by atoms with E-state index in [2.05, 4.69) is 0 Å². The zero-order valence-electron chi connectivity index (χ0n) is 9.05. The summed E-state index contributed by atoms with van der Waals surface area (Å²) in [6.07, 6.45) is 2.10. The molecule has 0 saturated carbocycles. The summed E-state index contributed by atoms with van der Waals surface area (Å²) in [5, 5.41) is 0. The monoisotopic (exact) mass is 212 g/mol. The van der Waals surface area contributed by atoms with Gasteiger partial charge in [0.05, 0.1) is 6.04 Å². The van der Waals surface area contributed by atoms with Crippen LogP contribution in [-0.4, -0.2) is 54.1 Å². The van der Waals surface area contributed by atoms with E-state index in [-0.39, 0.29) is 24.3 Å². The topological polar surface area (TPSA) is 49.9 Å². The Morgan fingerprint density at radius 1 is 1.53 bits per heavy atom. The van der Waals surface area contributed by atoms with Crippen LogP contribution in [0, 0.1) is 0 Å². The zero-order valence-corrected chi connectivity index (χ0v) is 9.05. The van der Waals surface area contributed by atoms with Gasteiger partial charge < -0.3 is 14.5 Å². The molecule has 0 aliphatic carbocycles. The van der Waals surface area contributed by atoms with Gasteiger partial charge in [-0.2, -0.15) is 0 Å². The van der Waals surface area contributed by atoms with Crippen LogP contribution in [0.1, 0.15) is 19.8 Å². The van der Waals surface area contributed by atoms with Crippen molar-refractivity contribution in [3.05, 3.63) is 0 Å². The minimum absolute atomic E-state index is 0.00208. The van der Waals surface area contributed by atoms with Crippen LogP contribution in [0.5, 0.6) is 0 Å². The first-order valence-electron chi connectivity index (χ1n) is 5.28. The summed E-state index contributed by atoms with van der Waals surface area (Å²) in [6, 6.07) is 0.0291. The van der Waals surface area contributed by atoms with Gasteiger partial charge in [0.25, 0.3) is 5.91 Å². The lowest BCUT2D eigenvalue weighted by Gasteiger charge is -2.29. The van der Waals surface area contributed by atoms with Gasteiger partial charge >= 0.3 is 0 Å². The predicted octanol–water partition coefficient (Wildman–Crippen LogP) is -0.190. The van der Waals surface area contributed by atoms with Gasteiger partial charge in [0.2, 0.25) is 6.41 Å². The lowest BCUT2D eigenvalue weighted by atomic mass is 10.2. The molecule has 84 valence electrons. The summed E-state index contributed by atoms with van der Waals surface area (Å²) < 4.78 is 5.58. The molecule has 0 aromatic heterocycles. The SMILES string of the molecule is C[C@H]1OC(C2CCCN2C=O)N(C)C1=O. The van der Waals surface area contributed by atoms with E-state index >= 15 is 0 Å². The molecule has 0 aromatic carbocycles. The molecular formula is C10H16N2O3. The maximum Gasteiger partial charge on any atom is 0.253 e. The number of rotatable bonds is 2. The van der Waals surface area contributed by atoms with Crippen LogP contribution in [-0.2, 0) is 14.3 Å². The van der Waals surface area contributed by atoms with Crippen LogP contribution in [0.4, 0.5) is 0 Å². The van der Waals surface area contributed by atoms with Crippen molar-refractivity contribution in [1.29, 1.82) is 0 Å². The van der Waals surface area contributed by atoms with Gasteiger partial charge in [0, 0.05) is 13.6 Å². The molecule has 2 amide bonds. The molecule has 2 fully saturated rings. The van der Waals surface area contributed by atoms with E-state index in [1.165, 1.54) is 0 Å². The highest BCUT2D eigenvalue weighted by Gasteiger charge is 2.43. The molecule has 3 atom stereocenters. The summed E-state index contributed by atoms with van der Waals surface area (Å²) in [4.78, 5) is 25.7. The van der Waals surface area contributed by atoms with Crippen LogP contribution in [0.15, 0.2) is 0 Å². The Morgan fingerprint density at radius 3 is 2.80 bits per heavy atom. The fourth-order valence-electron chi connectivity index (χ4n) is 2.37. The minimum atomic E-state index is -0.380. The molecule has 0 aromatic rings. The molecule has 0 radical (unpaired) electrons. The molecule has 5 nitrogen and oxygen atoms in total. The number of likely N-dealkylation sites (tertiary alicyclic amines) is 1. The van der Waals surface area contributed by atoms with Crippen molar-refractivity contribution in [1.82, 2.24) is 9.80 Å². The van der Waals surface area contributed by atoms with Crippen molar-refractivity contribution < 1.29 is 14.3 Å². The average Bonchev–Trinajstić information content (AvgIpc) is 2.78. The molecule has 2 rings (SSSR count). The Morgan fingerprint density at radius 2 is 2.27 bits per heavy atom. The standard InChI is InChI=1S/C10H16N2O3/c1-7-9(14)11(2)10(15-7)8-4-3-5-12(8)6-13/h6-8,10H,3-5H2,1-2H3/t7-,8?,10?/m1/s1. The van der Waals surface area contributed by atoms with E-state index in [0.717, 1.165) is 25.8 Å². The Hall–Kier alpha value is -1.10. The Bertz CT molecular complexity index is 282. The van der Waals surface area contributed by atoms with Gasteiger partial charge in [0.15, 0.2) is 6.23 Å². The third-order valence-electron chi connectivity index (χ3n) is 3.23. The maximum absolute atomic E-state index is 11.6. The van der Waals surface area contributed by atoms with E-state index in [1.54, 1.807) is 23.8 Å². The summed E-state index contributed by atoms with van der Waals surface area (Å²) in [7, 11) is 1.73. The molecule has 15 heavy (non-hydrogen) atoms. The van der Waals surface area contributed by atoms with Gasteiger partial charge in [-0.05, 0) is 19.8 Å². The van der Waals surface area contributed by atoms with E-state index in [1.807, 2.05) is 0 Å². The molecule has 2 saturated heterocycles. The van der Waals surface area contributed by atoms with Crippen LogP contribution >= 0.6 is 0 Å². The third kappa shape index (κ3) is 1.61. The second-order valence-corrected chi connectivity index (χ2v) is 4.17. The van der Waals surface area contributed by atoms with E-state index in [0.29, 0.717) is 0 Å². The molecule has 0 bridgehead atoms. The van der Waals surface area contributed by atoms with Crippen LogP contribution in [0.3, 0.4) is 0 Å². The van der Waals surface area contributed by atoms with Crippen LogP contribution < -0.4 is 0 Å². The molecule has 0 N–H and O–H groups in total. The number of carbonyl (C=O) groups is 2. The maximum atomic E-state index is 11.6. The lowest BCUT2D eigenvalue weighted by molar-refractivity contribution is -0.130. The average molecular weight is 212 g/mol. The van der Waals surface area contributed by atoms with Gasteiger partial charge in [-0.3, -0.25) is 9.59 Å². The predicted molar refractivity (Wildman–Crippen MR) is 52.9 cm³/mol. The van der Waals surface area contributed by atoms with Crippen molar-refractivity contribution in [3.8, 4) is 0 Å². The Labute approximate surface area is 89.0 Å². The van der Waals surface area contributed by atoms with Gasteiger partial charge in [-0.1, -0.05) is 0 Å². The Kier molecular flexibility index (Phi) is 2.65. The highest BCUT2D eigenvalue weighted by atomic mass is 16.5. The number of nitrogens with zero attached hydrogens (tertiary/aromatic N) is 2. The van der Waals surface area contributed by atoms with Crippen molar-refractivity contribution in [2.45, 2.75) is 38.1 Å². The number of carbonyl (C=O) groups excluding carboxylic acids is 2. The van der Waals surface area contributed by atoms with Crippen LogP contribution in [0.2, 0.25) is 0 Å². The molecule has 5 heteroatoms. The van der Waals surface area contributed by atoms with Crippen molar-refractivity contribution in [2.24, 2.45) is 0 Å². The molecule has 0 spiro atoms. The van der Waals surface area contributed by atoms with Crippen molar-refractivity contribution >= 4 is 12.3 Å². The molecule has 2 unspecified atom stereocenters. The zero-order chi connectivity index (χ0) is 11.0. The molecular weight excluding hydrogens is 196 g/mol. The highest BCUT2D eigenvalue weighted by molar-refractivity contribution is 5.82. The normalized spacial score (nSPS) is 36.4. The molecule has 2 heterocycles. The number of hydrogen-bond acceptors (Lipinski definition) is 3. The fraction of sp³-hybridized carbons (Fsp3) is 0.800. The van der Waals surface area contributed by atoms with Crippen molar-refractivity contribution in [3.63, 3.8) is 0 Å². The first-order valence-corrected chi connectivity index (χ1v) is 5.28. The Balaban J connectivity index is 2.11. The fourth-order valence-corrected chi connectivity index (χ4v) is 2.37. The largest absolute Gasteiger partial charge is 0.343 e. The summed E-state index contributed by atoms with van der Waals surface area (Å²) >= 11 is 0. The lowest BCUT2D eigenvalue weighted by Crippen LogP contribution is -2.45. The number of likely N-dealkylation sites (N-methyl/N-ethyl adjacent to an activating group) is 1. The second kappa shape index (κ2) is 3.81. The van der Waals surface area contributed by atoms with E-state index in [4.69, 9.17) is 4.74 Å². The summed E-state index contributed by atoms with van der Waals surface area (Å²) in [5.41, 5.74) is 0. The number of hydrogen-bond donors (Lipinski definition) is 0. The minimum Gasteiger partial charge on any atom is -0.343 e. The third-order valence-corrected chi connectivity index (χ3v) is 3.23. The van der Waals surface area contributed by atoms with E-state index < -0.39 is 0 Å². The van der Waals surface area contributed by atoms with Gasteiger partial charge in [-0.25, -0.2) is 0 Å². The van der Waals surface area contributed by atoms with Crippen molar-refractivity contribution in [2.75, 3.05) is 13.6 Å². The summed E-state index contributed by atoms with van der Waals surface area (Å²) in [5.74, 6) is -0.00208. The van der Waals surface area contributed by atoms with Gasteiger partial charge in [-0.15, -0.1) is 0 Å². The first-order chi connectivity index (χ1) is 7.15. The van der Waals surface area contributed by atoms with E-state index in [9.17, 15) is 9.59 Å². The smallest absolute Gasteiger partial charge is 0.253 e. The highest BCUT2D eigenvalue weighted by Crippen LogP contribution is 2.27. The second-order valence-electron chi connectivity index (χ2n) is 4.17. The molecule has 2 aliphatic heterocycles. The van der Waals surface area contributed by atoms with Gasteiger partial charge in [0.1, 0.15) is 6.10 Å². The molecule has 2 aliphatic rings. The first kappa shape index (κ1) is 10.4. The summed E-state index contributed by atoms with van der Waals surface area (Å²) in [6.45, 7) is 2.52. The number of ether oxygens (including phenoxy) is 1.